The number of anilines is 1. The fourth-order valence-electron chi connectivity index (χ4n) is 5.08. The fourth-order valence-corrected chi connectivity index (χ4v) is 7.15. The maximum Gasteiger partial charge on any atom is 0.301 e. The first kappa shape index (κ1) is 28.7. The zero-order valence-electron chi connectivity index (χ0n) is 23.0. The number of aromatic nitrogens is 2. The van der Waals surface area contributed by atoms with E-state index in [0.29, 0.717) is 32.2 Å². The second kappa shape index (κ2) is 12.1. The lowest BCUT2D eigenvalue weighted by atomic mass is 9.95. The standard InChI is InChI=1S/C32H24ClN3O5S2/c1-40-24-14-13-20(16-25(24)41-2)28(37)26-27(19-9-6-11-22(33)15-19)36(30(39)29(26)38)31-34-35-32(43-31)42-17-21-10-5-8-18-7-3-4-12-23(18)21/h3-16,27,37H,17H2,1-2H3/t27-/m0/s1. The number of hydrogen-bond acceptors (Lipinski definition) is 9. The quantitative estimate of drug-likeness (QED) is 0.0628. The number of halogens is 1. The van der Waals surface area contributed by atoms with Gasteiger partial charge in [-0.2, -0.15) is 0 Å². The number of methoxy groups -OCH3 is 2. The van der Waals surface area contributed by atoms with Crippen molar-refractivity contribution in [1.82, 2.24) is 10.2 Å². The third kappa shape index (κ3) is 5.45. The van der Waals surface area contributed by atoms with Crippen LogP contribution in [0.5, 0.6) is 11.5 Å². The lowest BCUT2D eigenvalue weighted by Gasteiger charge is -2.22. The van der Waals surface area contributed by atoms with Gasteiger partial charge in [0.15, 0.2) is 15.8 Å². The summed E-state index contributed by atoms with van der Waals surface area (Å²) in [6.45, 7) is 0. The Bertz CT molecular complexity index is 1900. The van der Waals surface area contributed by atoms with Crippen molar-refractivity contribution in [2.45, 2.75) is 16.1 Å². The lowest BCUT2D eigenvalue weighted by molar-refractivity contribution is -0.132. The van der Waals surface area contributed by atoms with Crippen LogP contribution in [0.1, 0.15) is 22.7 Å². The predicted octanol–water partition coefficient (Wildman–Crippen LogP) is 7.28. The molecule has 1 aromatic heterocycles. The first-order chi connectivity index (χ1) is 20.9. The highest BCUT2D eigenvalue weighted by molar-refractivity contribution is 8.00. The van der Waals surface area contributed by atoms with Crippen LogP contribution in [0.4, 0.5) is 5.13 Å². The molecular formula is C32H24ClN3O5S2. The highest BCUT2D eigenvalue weighted by Crippen LogP contribution is 2.45. The molecular weight excluding hydrogens is 606 g/mol. The molecule has 1 amide bonds. The Morgan fingerprint density at radius 1 is 0.953 bits per heavy atom. The maximum atomic E-state index is 13.6. The van der Waals surface area contributed by atoms with E-state index in [2.05, 4.69) is 34.5 Å². The number of benzene rings is 4. The molecule has 6 rings (SSSR count). The van der Waals surface area contributed by atoms with Crippen LogP contribution in [0.3, 0.4) is 0 Å². The summed E-state index contributed by atoms with van der Waals surface area (Å²) in [5, 5.41) is 23.1. The van der Waals surface area contributed by atoms with Gasteiger partial charge >= 0.3 is 5.91 Å². The summed E-state index contributed by atoms with van der Waals surface area (Å²) in [4.78, 5) is 28.4. The molecule has 1 atom stereocenters. The van der Waals surface area contributed by atoms with Crippen LogP contribution in [0.25, 0.3) is 16.5 Å². The molecule has 2 heterocycles. The summed E-state index contributed by atoms with van der Waals surface area (Å²) >= 11 is 9.02. The van der Waals surface area contributed by atoms with Crippen molar-refractivity contribution in [3.63, 3.8) is 0 Å². The van der Waals surface area contributed by atoms with Crippen molar-refractivity contribution in [2.75, 3.05) is 19.1 Å². The van der Waals surface area contributed by atoms with Crippen LogP contribution < -0.4 is 14.4 Å². The van der Waals surface area contributed by atoms with E-state index in [9.17, 15) is 14.7 Å². The zero-order chi connectivity index (χ0) is 30.1. The Balaban J connectivity index is 1.38. The number of amides is 1. The van der Waals surface area contributed by atoms with Crippen LogP contribution >= 0.6 is 34.7 Å². The minimum atomic E-state index is -0.990. The van der Waals surface area contributed by atoms with Gasteiger partial charge in [-0.15, -0.1) is 10.2 Å². The van der Waals surface area contributed by atoms with E-state index in [4.69, 9.17) is 21.1 Å². The molecule has 0 bridgehead atoms. The van der Waals surface area contributed by atoms with Gasteiger partial charge in [0.1, 0.15) is 5.76 Å². The Kier molecular flexibility index (Phi) is 8.07. The van der Waals surface area contributed by atoms with E-state index in [-0.39, 0.29) is 22.0 Å². The number of fused-ring (bicyclic) bond motifs is 1. The van der Waals surface area contributed by atoms with Crippen LogP contribution in [-0.2, 0) is 15.3 Å². The molecule has 216 valence electrons. The molecule has 0 spiro atoms. The average molecular weight is 630 g/mol. The molecule has 0 aliphatic carbocycles. The van der Waals surface area contributed by atoms with Gasteiger partial charge in [0.2, 0.25) is 5.13 Å². The van der Waals surface area contributed by atoms with E-state index >= 15 is 0 Å². The molecule has 1 N–H and O–H groups in total. The van der Waals surface area contributed by atoms with Crippen molar-refractivity contribution < 1.29 is 24.2 Å². The van der Waals surface area contributed by atoms with Crippen LogP contribution in [0.15, 0.2) is 94.8 Å². The summed E-state index contributed by atoms with van der Waals surface area (Å²) in [5.41, 5.74) is 1.87. The average Bonchev–Trinajstić information content (AvgIpc) is 3.60. The summed E-state index contributed by atoms with van der Waals surface area (Å²) in [6, 6.07) is 24.9. The second-order valence-electron chi connectivity index (χ2n) is 9.57. The van der Waals surface area contributed by atoms with Crippen molar-refractivity contribution >= 4 is 68.1 Å². The van der Waals surface area contributed by atoms with Crippen molar-refractivity contribution in [3.05, 3.63) is 112 Å². The molecule has 1 fully saturated rings. The molecule has 0 radical (unpaired) electrons. The van der Waals surface area contributed by atoms with Crippen molar-refractivity contribution in [1.29, 1.82) is 0 Å². The Morgan fingerprint density at radius 2 is 1.72 bits per heavy atom. The number of aliphatic hydroxyl groups is 1. The molecule has 1 aliphatic rings. The third-order valence-corrected chi connectivity index (χ3v) is 9.44. The van der Waals surface area contributed by atoms with E-state index < -0.39 is 17.7 Å². The number of hydrogen-bond donors (Lipinski definition) is 1. The monoisotopic (exact) mass is 629 g/mol. The number of Topliss-reactive ketones (excluding diaryl/α,β-unsaturated/α-hetero) is 1. The highest BCUT2D eigenvalue weighted by Gasteiger charge is 2.48. The predicted molar refractivity (Wildman–Crippen MR) is 169 cm³/mol. The summed E-state index contributed by atoms with van der Waals surface area (Å²) in [6.07, 6.45) is 0. The SMILES string of the molecule is COc1ccc(C(O)=C2C(=O)C(=O)N(c3nnc(SCc4cccc5ccccc45)s3)[C@H]2c2cccc(Cl)c2)cc1OC. The number of rotatable bonds is 8. The number of ketones is 1. The van der Waals surface area contributed by atoms with Gasteiger partial charge in [0, 0.05) is 16.3 Å². The summed E-state index contributed by atoms with van der Waals surface area (Å²) in [7, 11) is 2.97. The zero-order valence-corrected chi connectivity index (χ0v) is 25.4. The van der Waals surface area contributed by atoms with Gasteiger partial charge in [-0.05, 0) is 52.2 Å². The molecule has 11 heteroatoms. The molecule has 43 heavy (non-hydrogen) atoms. The van der Waals surface area contributed by atoms with Crippen molar-refractivity contribution in [3.8, 4) is 11.5 Å². The van der Waals surface area contributed by atoms with Gasteiger partial charge < -0.3 is 14.6 Å². The maximum absolute atomic E-state index is 13.6. The first-order valence-electron chi connectivity index (χ1n) is 13.1. The summed E-state index contributed by atoms with van der Waals surface area (Å²) < 4.78 is 11.3. The lowest BCUT2D eigenvalue weighted by Crippen LogP contribution is -2.29. The fraction of sp³-hybridized carbons (Fsp3) is 0.125. The van der Waals surface area contributed by atoms with Crippen molar-refractivity contribution in [2.24, 2.45) is 0 Å². The van der Waals surface area contributed by atoms with E-state index in [1.165, 1.54) is 42.2 Å². The van der Waals surface area contributed by atoms with Gasteiger partial charge in [0.25, 0.3) is 5.78 Å². The van der Waals surface area contributed by atoms with Crippen LogP contribution in [-0.4, -0.2) is 41.2 Å². The van der Waals surface area contributed by atoms with Crippen LogP contribution in [0.2, 0.25) is 5.02 Å². The normalized spacial score (nSPS) is 16.2. The van der Waals surface area contributed by atoms with E-state index in [1.807, 2.05) is 18.2 Å². The van der Waals surface area contributed by atoms with Gasteiger partial charge in [-0.3, -0.25) is 14.5 Å². The largest absolute Gasteiger partial charge is 0.507 e. The molecule has 1 aliphatic heterocycles. The number of ether oxygens (including phenoxy) is 2. The molecule has 0 saturated carbocycles. The summed E-state index contributed by atoms with van der Waals surface area (Å²) in [5.74, 6) is -0.579. The van der Waals surface area contributed by atoms with E-state index in [1.54, 1.807) is 42.5 Å². The molecule has 4 aromatic carbocycles. The number of thioether (sulfide) groups is 1. The minimum absolute atomic E-state index is 0.0976. The van der Waals surface area contributed by atoms with Crippen LogP contribution in [0, 0.1) is 0 Å². The Hall–Kier alpha value is -4.38. The number of aliphatic hydroxyl groups excluding tert-OH is 1. The number of carbonyl (C=O) groups excluding carboxylic acids is 2. The Labute approximate surface area is 260 Å². The molecule has 8 nitrogen and oxygen atoms in total. The van der Waals surface area contributed by atoms with Gasteiger partial charge in [0.05, 0.1) is 25.8 Å². The first-order valence-corrected chi connectivity index (χ1v) is 15.3. The van der Waals surface area contributed by atoms with Gasteiger partial charge in [-0.25, -0.2) is 0 Å². The topological polar surface area (TPSA) is 102 Å². The molecule has 5 aromatic rings. The molecule has 1 saturated heterocycles. The minimum Gasteiger partial charge on any atom is -0.507 e. The smallest absolute Gasteiger partial charge is 0.301 e. The molecule has 0 unspecified atom stereocenters. The van der Waals surface area contributed by atoms with Gasteiger partial charge in [-0.1, -0.05) is 89.3 Å². The highest BCUT2D eigenvalue weighted by atomic mass is 35.5. The third-order valence-electron chi connectivity index (χ3n) is 7.10. The number of carbonyl (C=O) groups is 2. The number of nitrogens with zero attached hydrogens (tertiary/aromatic N) is 3. The Morgan fingerprint density at radius 3 is 2.51 bits per heavy atom. The van der Waals surface area contributed by atoms with E-state index in [0.717, 1.165) is 16.3 Å². The second-order valence-corrected chi connectivity index (χ2v) is 12.2.